The molecule has 2 aromatic rings. The normalized spacial score (nSPS) is 14.7. The van der Waals surface area contributed by atoms with Gasteiger partial charge >= 0.3 is 5.97 Å². The number of hydrogen-bond acceptors (Lipinski definition) is 5. The van der Waals surface area contributed by atoms with E-state index in [4.69, 9.17) is 14.2 Å². The van der Waals surface area contributed by atoms with E-state index in [0.29, 0.717) is 23.7 Å². The Morgan fingerprint density at radius 2 is 2.00 bits per heavy atom. The smallest absolute Gasteiger partial charge is 0.363 e. The Balaban J connectivity index is 1.97. The molecule has 0 bridgehead atoms. The zero-order chi connectivity index (χ0) is 19.4. The highest BCUT2D eigenvalue weighted by Gasteiger charge is 2.25. The van der Waals surface area contributed by atoms with E-state index >= 15 is 0 Å². The molecule has 1 heterocycles. The zero-order valence-corrected chi connectivity index (χ0v) is 17.1. The van der Waals surface area contributed by atoms with Gasteiger partial charge in [0.2, 0.25) is 5.90 Å². The summed E-state index contributed by atoms with van der Waals surface area (Å²) in [6.45, 7) is 6.06. The minimum atomic E-state index is -0.503. The summed E-state index contributed by atoms with van der Waals surface area (Å²) in [7, 11) is 1.57. The van der Waals surface area contributed by atoms with Crippen molar-refractivity contribution in [1.82, 2.24) is 0 Å². The van der Waals surface area contributed by atoms with Gasteiger partial charge in [-0.15, -0.1) is 0 Å². The molecule has 0 radical (unpaired) electrons. The van der Waals surface area contributed by atoms with Crippen LogP contribution in [0.25, 0.3) is 6.08 Å². The number of cyclic esters (lactones) is 1. The number of nitrogens with zero attached hydrogens (tertiary/aromatic N) is 1. The van der Waals surface area contributed by atoms with Crippen LogP contribution in [0, 0.1) is 3.57 Å². The Kier molecular flexibility index (Phi) is 5.95. The molecule has 2 aromatic carbocycles. The highest BCUT2D eigenvalue weighted by Crippen LogP contribution is 2.33. The summed E-state index contributed by atoms with van der Waals surface area (Å²) in [5.74, 6) is 0.882. The lowest BCUT2D eigenvalue weighted by molar-refractivity contribution is -0.129. The SMILES string of the molecule is C=C(C)COc1c(/C=C2\N=C(c3ccc(I)cc3)OC2=O)cccc1OC. The van der Waals surface area contributed by atoms with Crippen LogP contribution in [-0.4, -0.2) is 25.6 Å². The molecule has 0 aromatic heterocycles. The van der Waals surface area contributed by atoms with Crippen LogP contribution < -0.4 is 9.47 Å². The number of halogens is 1. The van der Waals surface area contributed by atoms with Gasteiger partial charge in [-0.25, -0.2) is 9.79 Å². The Bertz CT molecular complexity index is 945. The van der Waals surface area contributed by atoms with Crippen LogP contribution in [0.5, 0.6) is 11.5 Å². The summed E-state index contributed by atoms with van der Waals surface area (Å²) in [6.07, 6.45) is 1.64. The van der Waals surface area contributed by atoms with Crippen molar-refractivity contribution >= 4 is 40.5 Å². The quantitative estimate of drug-likeness (QED) is 0.265. The van der Waals surface area contributed by atoms with Crippen molar-refractivity contribution < 1.29 is 19.0 Å². The molecular formula is C21H18INO4. The van der Waals surface area contributed by atoms with Gasteiger partial charge in [0.25, 0.3) is 0 Å². The molecule has 0 saturated carbocycles. The Labute approximate surface area is 171 Å². The zero-order valence-electron chi connectivity index (χ0n) is 15.0. The van der Waals surface area contributed by atoms with Crippen LogP contribution in [0.1, 0.15) is 18.1 Å². The number of hydrogen-bond donors (Lipinski definition) is 0. The van der Waals surface area contributed by atoms with E-state index in [-0.39, 0.29) is 11.6 Å². The number of esters is 1. The summed E-state index contributed by atoms with van der Waals surface area (Å²) in [5, 5.41) is 0. The molecule has 1 aliphatic rings. The molecule has 0 atom stereocenters. The highest BCUT2D eigenvalue weighted by atomic mass is 127. The predicted octanol–water partition coefficient (Wildman–Crippen LogP) is 4.60. The largest absolute Gasteiger partial charge is 0.493 e. The molecule has 0 saturated heterocycles. The van der Waals surface area contributed by atoms with Crippen LogP contribution >= 0.6 is 22.6 Å². The summed E-state index contributed by atoms with van der Waals surface area (Å²) in [5.41, 5.74) is 2.50. The number of aliphatic imine (C=N–C) groups is 1. The highest BCUT2D eigenvalue weighted by molar-refractivity contribution is 14.1. The molecule has 0 aliphatic carbocycles. The Morgan fingerprint density at radius 3 is 2.67 bits per heavy atom. The first-order chi connectivity index (χ1) is 13.0. The number of methoxy groups -OCH3 is 1. The standard InChI is InChI=1S/C21H18INO4/c1-13(2)12-26-19-15(5-4-6-18(19)25-3)11-17-21(24)27-20(23-17)14-7-9-16(22)10-8-14/h4-11H,1,12H2,2-3H3/b17-11-. The molecule has 0 unspecified atom stereocenters. The van der Waals surface area contributed by atoms with Crippen molar-refractivity contribution in [2.24, 2.45) is 4.99 Å². The number of carbonyl (C=O) groups is 1. The molecule has 27 heavy (non-hydrogen) atoms. The first-order valence-electron chi connectivity index (χ1n) is 8.20. The molecule has 0 spiro atoms. The molecule has 6 heteroatoms. The lowest BCUT2D eigenvalue weighted by Crippen LogP contribution is -2.05. The third kappa shape index (κ3) is 4.57. The van der Waals surface area contributed by atoms with Crippen molar-refractivity contribution in [2.45, 2.75) is 6.92 Å². The van der Waals surface area contributed by atoms with Crippen LogP contribution in [0.15, 0.2) is 65.3 Å². The van der Waals surface area contributed by atoms with Crippen molar-refractivity contribution in [2.75, 3.05) is 13.7 Å². The van der Waals surface area contributed by atoms with E-state index in [0.717, 1.165) is 14.7 Å². The van der Waals surface area contributed by atoms with E-state index in [1.807, 2.05) is 43.3 Å². The third-order valence-corrected chi connectivity index (χ3v) is 4.42. The number of rotatable bonds is 6. The maximum absolute atomic E-state index is 12.3. The molecular weight excluding hydrogens is 457 g/mol. The second-order valence-electron chi connectivity index (χ2n) is 5.97. The summed E-state index contributed by atoms with van der Waals surface area (Å²) in [6, 6.07) is 13.0. The topological polar surface area (TPSA) is 57.1 Å². The second kappa shape index (κ2) is 8.39. The average Bonchev–Trinajstić information content (AvgIpc) is 3.01. The maximum Gasteiger partial charge on any atom is 0.363 e. The molecule has 0 fully saturated rings. The van der Waals surface area contributed by atoms with Gasteiger partial charge in [-0.2, -0.15) is 0 Å². The number of carbonyl (C=O) groups excluding carboxylic acids is 1. The lowest BCUT2D eigenvalue weighted by Gasteiger charge is -2.13. The number of benzene rings is 2. The van der Waals surface area contributed by atoms with Crippen molar-refractivity contribution in [3.8, 4) is 11.5 Å². The number of ether oxygens (including phenoxy) is 3. The van der Waals surface area contributed by atoms with Crippen molar-refractivity contribution in [3.05, 3.63) is 75.0 Å². The van der Waals surface area contributed by atoms with E-state index in [1.165, 1.54) is 0 Å². The van der Waals surface area contributed by atoms with Gasteiger partial charge in [-0.05, 0) is 71.5 Å². The minimum absolute atomic E-state index is 0.206. The Hall–Kier alpha value is -2.61. The van der Waals surface area contributed by atoms with E-state index < -0.39 is 5.97 Å². The van der Waals surface area contributed by atoms with Crippen LogP contribution in [0.4, 0.5) is 0 Å². The van der Waals surface area contributed by atoms with Gasteiger partial charge in [0.15, 0.2) is 17.2 Å². The molecule has 5 nitrogen and oxygen atoms in total. The van der Waals surface area contributed by atoms with Crippen LogP contribution in [0.3, 0.4) is 0 Å². The fourth-order valence-corrected chi connectivity index (χ4v) is 2.79. The summed E-state index contributed by atoms with van der Waals surface area (Å²) in [4.78, 5) is 16.6. The predicted molar refractivity (Wildman–Crippen MR) is 113 cm³/mol. The van der Waals surface area contributed by atoms with Crippen LogP contribution in [-0.2, 0) is 9.53 Å². The molecule has 0 amide bonds. The summed E-state index contributed by atoms with van der Waals surface area (Å²) < 4.78 is 17.6. The van der Waals surface area contributed by atoms with Gasteiger partial charge in [0.05, 0.1) is 7.11 Å². The summed E-state index contributed by atoms with van der Waals surface area (Å²) >= 11 is 2.21. The lowest BCUT2D eigenvalue weighted by atomic mass is 10.1. The van der Waals surface area contributed by atoms with E-state index in [2.05, 4.69) is 34.2 Å². The number of para-hydroxylation sites is 1. The first-order valence-corrected chi connectivity index (χ1v) is 9.28. The molecule has 0 N–H and O–H groups in total. The molecule has 138 valence electrons. The van der Waals surface area contributed by atoms with Crippen molar-refractivity contribution in [1.29, 1.82) is 0 Å². The second-order valence-corrected chi connectivity index (χ2v) is 7.21. The molecule has 3 rings (SSSR count). The average molecular weight is 475 g/mol. The van der Waals surface area contributed by atoms with Gasteiger partial charge < -0.3 is 14.2 Å². The molecule has 1 aliphatic heterocycles. The monoisotopic (exact) mass is 475 g/mol. The van der Waals surface area contributed by atoms with Crippen LogP contribution in [0.2, 0.25) is 0 Å². The van der Waals surface area contributed by atoms with E-state index in [1.54, 1.807) is 19.3 Å². The minimum Gasteiger partial charge on any atom is -0.493 e. The fraction of sp³-hybridized carbons (Fsp3) is 0.143. The van der Waals surface area contributed by atoms with E-state index in [9.17, 15) is 4.79 Å². The first kappa shape index (κ1) is 19.2. The van der Waals surface area contributed by atoms with Gasteiger partial charge in [0, 0.05) is 14.7 Å². The fourth-order valence-electron chi connectivity index (χ4n) is 2.43. The Morgan fingerprint density at radius 1 is 1.26 bits per heavy atom. The van der Waals surface area contributed by atoms with Gasteiger partial charge in [0.1, 0.15) is 6.61 Å². The maximum atomic E-state index is 12.3. The van der Waals surface area contributed by atoms with Gasteiger partial charge in [-0.1, -0.05) is 18.7 Å². The van der Waals surface area contributed by atoms with Gasteiger partial charge in [-0.3, -0.25) is 0 Å². The third-order valence-electron chi connectivity index (χ3n) is 3.70. The van der Waals surface area contributed by atoms with Crippen molar-refractivity contribution in [3.63, 3.8) is 0 Å².